The highest BCUT2D eigenvalue weighted by Gasteiger charge is 2.25. The summed E-state index contributed by atoms with van der Waals surface area (Å²) in [4.78, 5) is 34.8. The lowest BCUT2D eigenvalue weighted by molar-refractivity contribution is -0.384. The summed E-state index contributed by atoms with van der Waals surface area (Å²) in [6.45, 7) is -0.723. The van der Waals surface area contributed by atoms with Crippen molar-refractivity contribution in [2.75, 3.05) is 18.1 Å². The van der Waals surface area contributed by atoms with Crippen molar-refractivity contribution in [1.82, 2.24) is 0 Å². The fraction of sp³-hybridized carbons (Fsp3) is 0.176. The number of aliphatic hydroxyl groups is 1. The van der Waals surface area contributed by atoms with E-state index in [1.54, 1.807) is 30.3 Å². The summed E-state index contributed by atoms with van der Waals surface area (Å²) in [6, 6.07) is 11.9. The lowest BCUT2D eigenvalue weighted by atomic mass is 10.1. The van der Waals surface area contributed by atoms with Crippen LogP contribution < -0.4 is 4.90 Å². The molecule has 2 aromatic rings. The number of aromatic carboxylic acids is 1. The molecule has 0 saturated heterocycles. The van der Waals surface area contributed by atoms with E-state index in [9.17, 15) is 29.9 Å². The van der Waals surface area contributed by atoms with Crippen LogP contribution in [0.3, 0.4) is 0 Å². The Bertz CT molecular complexity index is 808. The molecule has 0 unspecified atom stereocenters. The number of aliphatic hydroxyl groups excluding tert-OH is 1. The van der Waals surface area contributed by atoms with E-state index >= 15 is 0 Å². The van der Waals surface area contributed by atoms with Gasteiger partial charge in [-0.3, -0.25) is 15.0 Å². The molecule has 0 spiro atoms. The third kappa shape index (κ3) is 4.54. The Labute approximate surface area is 148 Å². The van der Waals surface area contributed by atoms with Crippen molar-refractivity contribution in [1.29, 1.82) is 0 Å². The summed E-state index contributed by atoms with van der Waals surface area (Å²) >= 11 is 0. The maximum absolute atomic E-state index is 12.4. The number of anilines is 1. The molecule has 136 valence electrons. The Balaban J connectivity index is 2.29. The molecule has 9 heteroatoms. The number of carboxylic acids is 1. The van der Waals surface area contributed by atoms with Crippen LogP contribution in [0.15, 0.2) is 48.5 Å². The number of nitro groups is 1. The molecule has 2 N–H and O–H groups in total. The highest BCUT2D eigenvalue weighted by atomic mass is 16.6. The van der Waals surface area contributed by atoms with E-state index in [1.807, 2.05) is 0 Å². The smallest absolute Gasteiger partial charge is 0.414 e. The molecule has 0 radical (unpaired) electrons. The summed E-state index contributed by atoms with van der Waals surface area (Å²) in [7, 11) is 0. The highest BCUT2D eigenvalue weighted by molar-refractivity contribution is 6.00. The molecular formula is C17H16N2O7. The number of hydrogen-bond acceptors (Lipinski definition) is 6. The molecule has 0 atom stereocenters. The summed E-state index contributed by atoms with van der Waals surface area (Å²) < 4.78 is 5.16. The van der Waals surface area contributed by atoms with Gasteiger partial charge in [0.15, 0.2) is 0 Å². The standard InChI is InChI=1S/C17H16N2O7/c20-9-8-18(17(23)26-11-12-4-2-1-3-5-12)15-7-6-13(19(24)25)10-14(15)16(21)22/h1-7,10,20H,8-9,11H2,(H,21,22). The third-order valence-electron chi connectivity index (χ3n) is 3.46. The van der Waals surface area contributed by atoms with E-state index in [0.29, 0.717) is 0 Å². The van der Waals surface area contributed by atoms with Crippen molar-refractivity contribution >= 4 is 23.4 Å². The number of benzene rings is 2. The van der Waals surface area contributed by atoms with E-state index in [4.69, 9.17) is 4.74 Å². The lowest BCUT2D eigenvalue weighted by Gasteiger charge is -2.22. The van der Waals surface area contributed by atoms with Gasteiger partial charge in [-0.05, 0) is 11.6 Å². The van der Waals surface area contributed by atoms with Crippen LogP contribution in [0.2, 0.25) is 0 Å². The van der Waals surface area contributed by atoms with Gasteiger partial charge in [0.25, 0.3) is 5.69 Å². The lowest BCUT2D eigenvalue weighted by Crippen LogP contribution is -2.35. The first kappa shape index (κ1) is 18.9. The summed E-state index contributed by atoms with van der Waals surface area (Å²) in [5.41, 5.74) is -0.237. The predicted molar refractivity (Wildman–Crippen MR) is 91.1 cm³/mol. The fourth-order valence-electron chi connectivity index (χ4n) is 2.25. The normalized spacial score (nSPS) is 10.2. The van der Waals surface area contributed by atoms with Crippen molar-refractivity contribution in [3.63, 3.8) is 0 Å². The van der Waals surface area contributed by atoms with Gasteiger partial charge < -0.3 is 14.9 Å². The van der Waals surface area contributed by atoms with Crippen LogP contribution in [0, 0.1) is 10.1 Å². The predicted octanol–water partition coefficient (Wildman–Crippen LogP) is 2.43. The van der Waals surface area contributed by atoms with Gasteiger partial charge in [0.05, 0.1) is 29.3 Å². The number of non-ortho nitro benzene ring substituents is 1. The fourth-order valence-corrected chi connectivity index (χ4v) is 2.25. The molecule has 0 fully saturated rings. The SMILES string of the molecule is O=C(O)c1cc([N+](=O)[O-])ccc1N(CCO)C(=O)OCc1ccccc1. The molecule has 1 amide bonds. The van der Waals surface area contributed by atoms with E-state index in [-0.39, 0.29) is 18.8 Å². The molecule has 0 aliphatic rings. The number of carbonyl (C=O) groups is 2. The zero-order chi connectivity index (χ0) is 19.1. The number of carboxylic acid groups (broad SMARTS) is 1. The van der Waals surface area contributed by atoms with Crippen molar-refractivity contribution in [2.24, 2.45) is 0 Å². The van der Waals surface area contributed by atoms with E-state index in [1.165, 1.54) is 0 Å². The molecule has 0 heterocycles. The second-order valence-corrected chi connectivity index (χ2v) is 5.18. The van der Waals surface area contributed by atoms with Gasteiger partial charge in [-0.1, -0.05) is 30.3 Å². The number of ether oxygens (including phenoxy) is 1. The molecular weight excluding hydrogens is 344 g/mol. The Kier molecular flexibility index (Phi) is 6.23. The molecule has 0 aliphatic heterocycles. The van der Waals surface area contributed by atoms with E-state index in [0.717, 1.165) is 28.7 Å². The van der Waals surface area contributed by atoms with Crippen LogP contribution >= 0.6 is 0 Å². The molecule has 0 aromatic heterocycles. The quantitative estimate of drug-likeness (QED) is 0.573. The number of amides is 1. The van der Waals surface area contributed by atoms with Gasteiger partial charge in [0.2, 0.25) is 0 Å². The number of carbonyl (C=O) groups excluding carboxylic acids is 1. The first-order valence-electron chi connectivity index (χ1n) is 7.55. The maximum atomic E-state index is 12.4. The van der Waals surface area contributed by atoms with Gasteiger partial charge in [0.1, 0.15) is 6.61 Å². The molecule has 9 nitrogen and oxygen atoms in total. The number of nitrogens with zero attached hydrogens (tertiary/aromatic N) is 2. The first-order valence-corrected chi connectivity index (χ1v) is 7.55. The van der Waals surface area contributed by atoms with Crippen molar-refractivity contribution in [3.05, 3.63) is 69.8 Å². The topological polar surface area (TPSA) is 130 Å². The first-order chi connectivity index (χ1) is 12.4. The molecule has 0 saturated carbocycles. The van der Waals surface area contributed by atoms with Gasteiger partial charge in [0, 0.05) is 12.1 Å². The molecule has 0 bridgehead atoms. The largest absolute Gasteiger partial charge is 0.478 e. The summed E-state index contributed by atoms with van der Waals surface area (Å²) in [5.74, 6) is -1.44. The molecule has 0 aliphatic carbocycles. The minimum absolute atomic E-state index is 0.0447. The molecule has 2 aromatic carbocycles. The second kappa shape index (κ2) is 8.58. The average molecular weight is 360 g/mol. The van der Waals surface area contributed by atoms with Crippen LogP contribution in [0.5, 0.6) is 0 Å². The molecule has 26 heavy (non-hydrogen) atoms. The maximum Gasteiger partial charge on any atom is 0.414 e. The van der Waals surface area contributed by atoms with Crippen molar-refractivity contribution in [2.45, 2.75) is 6.61 Å². The third-order valence-corrected chi connectivity index (χ3v) is 3.46. The Hall–Kier alpha value is -3.46. The second-order valence-electron chi connectivity index (χ2n) is 5.18. The summed E-state index contributed by atoms with van der Waals surface area (Å²) in [6.07, 6.45) is -0.876. The Morgan fingerprint density at radius 2 is 1.85 bits per heavy atom. The van der Waals surface area contributed by atoms with E-state index < -0.39 is 34.8 Å². The Morgan fingerprint density at radius 3 is 2.42 bits per heavy atom. The van der Waals surface area contributed by atoms with Crippen molar-refractivity contribution in [3.8, 4) is 0 Å². The number of rotatable bonds is 7. The zero-order valence-electron chi connectivity index (χ0n) is 13.6. The number of nitro benzene ring substituents is 1. The van der Waals surface area contributed by atoms with Crippen molar-refractivity contribution < 1.29 is 29.5 Å². The van der Waals surface area contributed by atoms with Gasteiger partial charge in [-0.15, -0.1) is 0 Å². The minimum Gasteiger partial charge on any atom is -0.478 e. The van der Waals surface area contributed by atoms with E-state index in [2.05, 4.69) is 0 Å². The highest BCUT2D eigenvalue weighted by Crippen LogP contribution is 2.26. The monoisotopic (exact) mass is 360 g/mol. The zero-order valence-corrected chi connectivity index (χ0v) is 13.6. The van der Waals surface area contributed by atoms with Crippen LogP contribution in [0.1, 0.15) is 15.9 Å². The van der Waals surface area contributed by atoms with Gasteiger partial charge in [-0.25, -0.2) is 9.59 Å². The van der Waals surface area contributed by atoms with Crippen LogP contribution in [0.4, 0.5) is 16.2 Å². The van der Waals surface area contributed by atoms with Crippen LogP contribution in [-0.4, -0.2) is 40.4 Å². The van der Waals surface area contributed by atoms with Gasteiger partial charge >= 0.3 is 12.1 Å². The van der Waals surface area contributed by atoms with Crippen LogP contribution in [0.25, 0.3) is 0 Å². The summed E-state index contributed by atoms with van der Waals surface area (Å²) in [5, 5.41) is 29.4. The van der Waals surface area contributed by atoms with Gasteiger partial charge in [-0.2, -0.15) is 0 Å². The number of hydrogen-bond donors (Lipinski definition) is 2. The minimum atomic E-state index is -1.44. The Morgan fingerprint density at radius 1 is 1.15 bits per heavy atom. The van der Waals surface area contributed by atoms with Crippen LogP contribution in [-0.2, 0) is 11.3 Å². The molecule has 2 rings (SSSR count). The average Bonchev–Trinajstić information content (AvgIpc) is 2.64.